The molecule has 0 unspecified atom stereocenters. The fraction of sp³-hybridized carbons (Fsp3) is 0.0714. The van der Waals surface area contributed by atoms with Crippen molar-refractivity contribution in [3.05, 3.63) is 62.5 Å². The molecule has 2 amide bonds. The monoisotopic (exact) mass is 372 g/mol. The maximum Gasteiger partial charge on any atom is 0.319 e. The van der Waals surface area contributed by atoms with Gasteiger partial charge in [0.25, 0.3) is 0 Å². The van der Waals surface area contributed by atoms with Crippen LogP contribution in [0.25, 0.3) is 0 Å². The van der Waals surface area contributed by atoms with Crippen molar-refractivity contribution in [1.29, 1.82) is 0 Å². The zero-order valence-electron chi connectivity index (χ0n) is 10.3. The normalized spacial score (nSPS) is 10.2. The molecule has 0 spiro atoms. The average Bonchev–Trinajstić information content (AvgIpc) is 2.43. The number of hydrogen-bond donors (Lipinski definition) is 2. The zero-order chi connectivity index (χ0) is 14.5. The Labute approximate surface area is 135 Å². The molecule has 0 aromatic heterocycles. The molecule has 0 aliphatic rings. The first-order chi connectivity index (χ1) is 9.54. The number of nitrogens with one attached hydrogen (secondary N) is 2. The molecule has 0 aliphatic carbocycles. The Kier molecular flexibility index (Phi) is 5.29. The second kappa shape index (κ2) is 6.97. The third kappa shape index (κ3) is 4.40. The molecular formula is C14H11BrCl2N2O. The maximum atomic E-state index is 11.7. The van der Waals surface area contributed by atoms with Gasteiger partial charge in [-0.05, 0) is 42.0 Å². The van der Waals surface area contributed by atoms with E-state index >= 15 is 0 Å². The molecule has 0 heterocycles. The Hall–Kier alpha value is -1.23. The standard InChI is InChI=1S/C14H11BrCl2N2O/c15-10-2-4-11(5-3-10)19-14(20)18-8-9-1-6-12(16)13(17)7-9/h1-7H,8H2,(H2,18,19,20). The number of hydrogen-bond acceptors (Lipinski definition) is 1. The highest BCUT2D eigenvalue weighted by molar-refractivity contribution is 9.10. The molecule has 20 heavy (non-hydrogen) atoms. The van der Waals surface area contributed by atoms with Crippen LogP contribution in [0.1, 0.15) is 5.56 Å². The molecule has 2 aromatic rings. The van der Waals surface area contributed by atoms with Gasteiger partial charge in [-0.2, -0.15) is 0 Å². The summed E-state index contributed by atoms with van der Waals surface area (Å²) in [5.41, 5.74) is 1.60. The van der Waals surface area contributed by atoms with Crippen LogP contribution >= 0.6 is 39.1 Å². The number of amides is 2. The lowest BCUT2D eigenvalue weighted by Gasteiger charge is -2.08. The summed E-state index contributed by atoms with van der Waals surface area (Å²) >= 11 is 15.1. The Bertz CT molecular complexity index is 617. The van der Waals surface area contributed by atoms with Crippen LogP contribution in [-0.4, -0.2) is 6.03 Å². The summed E-state index contributed by atoms with van der Waals surface area (Å²) in [5.74, 6) is 0. The first kappa shape index (κ1) is 15.2. The van der Waals surface area contributed by atoms with Gasteiger partial charge in [-0.3, -0.25) is 0 Å². The number of halogens is 3. The average molecular weight is 374 g/mol. The minimum Gasteiger partial charge on any atom is -0.334 e. The quantitative estimate of drug-likeness (QED) is 0.773. The second-order valence-corrected chi connectivity index (χ2v) is 5.79. The first-order valence-corrected chi connectivity index (χ1v) is 7.34. The van der Waals surface area contributed by atoms with Gasteiger partial charge in [0.15, 0.2) is 0 Å². The summed E-state index contributed by atoms with van der Waals surface area (Å²) in [5, 5.41) is 6.45. The van der Waals surface area contributed by atoms with Crippen LogP contribution in [0, 0.1) is 0 Å². The summed E-state index contributed by atoms with van der Waals surface area (Å²) in [7, 11) is 0. The van der Waals surface area contributed by atoms with E-state index < -0.39 is 0 Å². The van der Waals surface area contributed by atoms with Crippen molar-refractivity contribution in [2.75, 3.05) is 5.32 Å². The Morgan fingerprint density at radius 1 is 1.05 bits per heavy atom. The van der Waals surface area contributed by atoms with Gasteiger partial charge in [0.1, 0.15) is 0 Å². The Morgan fingerprint density at radius 2 is 1.75 bits per heavy atom. The van der Waals surface area contributed by atoms with E-state index in [-0.39, 0.29) is 6.03 Å². The highest BCUT2D eigenvalue weighted by atomic mass is 79.9. The van der Waals surface area contributed by atoms with E-state index in [1.165, 1.54) is 0 Å². The largest absolute Gasteiger partial charge is 0.334 e. The Balaban J connectivity index is 1.88. The lowest BCUT2D eigenvalue weighted by Crippen LogP contribution is -2.28. The molecule has 0 saturated carbocycles. The van der Waals surface area contributed by atoms with Crippen molar-refractivity contribution in [3.8, 4) is 0 Å². The number of benzene rings is 2. The molecule has 6 heteroatoms. The molecule has 0 atom stereocenters. The van der Waals surface area contributed by atoms with Crippen LogP contribution in [-0.2, 0) is 6.54 Å². The maximum absolute atomic E-state index is 11.7. The van der Waals surface area contributed by atoms with Crippen LogP contribution in [0.4, 0.5) is 10.5 Å². The van der Waals surface area contributed by atoms with Crippen molar-refractivity contribution in [2.45, 2.75) is 6.54 Å². The molecule has 2 N–H and O–H groups in total. The van der Waals surface area contributed by atoms with Gasteiger partial charge in [0, 0.05) is 16.7 Å². The van der Waals surface area contributed by atoms with Gasteiger partial charge in [0.2, 0.25) is 0 Å². The second-order valence-electron chi connectivity index (χ2n) is 4.06. The van der Waals surface area contributed by atoms with Crippen LogP contribution in [0.15, 0.2) is 46.9 Å². The predicted molar refractivity (Wildman–Crippen MR) is 86.5 cm³/mol. The van der Waals surface area contributed by atoms with Gasteiger partial charge in [-0.25, -0.2) is 4.79 Å². The van der Waals surface area contributed by atoms with Gasteiger partial charge < -0.3 is 10.6 Å². The van der Waals surface area contributed by atoms with E-state index in [4.69, 9.17) is 23.2 Å². The van der Waals surface area contributed by atoms with Crippen molar-refractivity contribution < 1.29 is 4.79 Å². The van der Waals surface area contributed by atoms with E-state index in [1.807, 2.05) is 30.3 Å². The van der Waals surface area contributed by atoms with Gasteiger partial charge in [0.05, 0.1) is 10.0 Å². The molecule has 0 bridgehead atoms. The van der Waals surface area contributed by atoms with E-state index in [2.05, 4.69) is 26.6 Å². The number of anilines is 1. The summed E-state index contributed by atoms with van der Waals surface area (Å²) < 4.78 is 0.958. The molecule has 2 aromatic carbocycles. The molecule has 3 nitrogen and oxygen atoms in total. The number of carbonyl (C=O) groups is 1. The van der Waals surface area contributed by atoms with Crippen molar-refractivity contribution in [1.82, 2.24) is 5.32 Å². The van der Waals surface area contributed by atoms with Crippen LogP contribution < -0.4 is 10.6 Å². The SMILES string of the molecule is O=C(NCc1ccc(Cl)c(Cl)c1)Nc1ccc(Br)cc1. The number of urea groups is 1. The van der Waals surface area contributed by atoms with Crippen LogP contribution in [0.2, 0.25) is 10.0 Å². The molecule has 0 fully saturated rings. The van der Waals surface area contributed by atoms with E-state index in [0.29, 0.717) is 16.6 Å². The first-order valence-electron chi connectivity index (χ1n) is 5.79. The van der Waals surface area contributed by atoms with Gasteiger partial charge in [-0.15, -0.1) is 0 Å². The predicted octanol–water partition coefficient (Wildman–Crippen LogP) is 5.08. The summed E-state index contributed by atoms with van der Waals surface area (Å²) in [6, 6.07) is 12.3. The third-order valence-corrected chi connectivity index (χ3v) is 3.81. The summed E-state index contributed by atoms with van der Waals surface area (Å²) in [6.45, 7) is 0.374. The topological polar surface area (TPSA) is 41.1 Å². The number of carbonyl (C=O) groups excluding carboxylic acids is 1. The van der Waals surface area contributed by atoms with Crippen molar-refractivity contribution in [3.63, 3.8) is 0 Å². The molecular weight excluding hydrogens is 363 g/mol. The van der Waals surface area contributed by atoms with E-state index in [0.717, 1.165) is 15.7 Å². The van der Waals surface area contributed by atoms with Crippen LogP contribution in [0.5, 0.6) is 0 Å². The van der Waals surface area contributed by atoms with Crippen molar-refractivity contribution in [2.24, 2.45) is 0 Å². The number of rotatable bonds is 3. The Morgan fingerprint density at radius 3 is 2.40 bits per heavy atom. The smallest absolute Gasteiger partial charge is 0.319 e. The lowest BCUT2D eigenvalue weighted by atomic mass is 10.2. The zero-order valence-corrected chi connectivity index (χ0v) is 13.4. The van der Waals surface area contributed by atoms with Gasteiger partial charge in [-0.1, -0.05) is 45.2 Å². The molecule has 0 radical (unpaired) electrons. The molecule has 0 saturated heterocycles. The summed E-state index contributed by atoms with van der Waals surface area (Å²) in [4.78, 5) is 11.7. The van der Waals surface area contributed by atoms with Crippen LogP contribution in [0.3, 0.4) is 0 Å². The molecule has 104 valence electrons. The highest BCUT2D eigenvalue weighted by Crippen LogP contribution is 2.22. The lowest BCUT2D eigenvalue weighted by molar-refractivity contribution is 0.251. The molecule has 2 rings (SSSR count). The minimum atomic E-state index is -0.279. The fourth-order valence-electron chi connectivity index (χ4n) is 1.54. The third-order valence-electron chi connectivity index (χ3n) is 2.54. The highest BCUT2D eigenvalue weighted by Gasteiger charge is 2.03. The van der Waals surface area contributed by atoms with Gasteiger partial charge >= 0.3 is 6.03 Å². The van der Waals surface area contributed by atoms with E-state index in [9.17, 15) is 4.79 Å². The summed E-state index contributed by atoms with van der Waals surface area (Å²) in [6.07, 6.45) is 0. The molecule has 0 aliphatic heterocycles. The fourth-order valence-corrected chi connectivity index (χ4v) is 2.13. The van der Waals surface area contributed by atoms with Crippen molar-refractivity contribution >= 4 is 50.9 Å². The minimum absolute atomic E-state index is 0.279. The van der Waals surface area contributed by atoms with E-state index in [1.54, 1.807) is 12.1 Å².